The first-order valence-corrected chi connectivity index (χ1v) is 14.6. The lowest BCUT2D eigenvalue weighted by atomic mass is 9.95. The molecule has 220 valence electrons. The van der Waals surface area contributed by atoms with Crippen LogP contribution in [0.25, 0.3) is 6.08 Å². The Morgan fingerprint density at radius 2 is 1.74 bits per heavy atom. The summed E-state index contributed by atoms with van der Waals surface area (Å²) in [7, 11) is 1.33. The average Bonchev–Trinajstić information content (AvgIpc) is 3.34. The fourth-order valence-electron chi connectivity index (χ4n) is 4.87. The van der Waals surface area contributed by atoms with E-state index in [1.54, 1.807) is 34.9 Å². The van der Waals surface area contributed by atoms with E-state index >= 15 is 0 Å². The van der Waals surface area contributed by atoms with Crippen LogP contribution < -0.4 is 24.4 Å². The van der Waals surface area contributed by atoms with Crippen molar-refractivity contribution >= 4 is 29.4 Å². The predicted molar refractivity (Wildman–Crippen MR) is 162 cm³/mol. The number of thiazole rings is 1. The molecule has 0 bridgehead atoms. The standard InChI is InChI=1S/C33H30N2O7S/c1-4-24-28(32(39)40-3)29(22-9-7-6-8-10-22)35-30(36)27(43-33(35)34-24)18-21-13-16-25(26(17-21)41-5-2)42-19-20-11-14-23(15-12-20)31(37)38/h6-18,29H,4-5,19H2,1-3H3,(H,37,38)/b27-18-/t29-/m1/s1. The number of hydrogen-bond acceptors (Lipinski definition) is 8. The van der Waals surface area contributed by atoms with Crippen molar-refractivity contribution in [3.8, 4) is 11.5 Å². The number of benzene rings is 3. The van der Waals surface area contributed by atoms with Gasteiger partial charge in [0.15, 0.2) is 16.3 Å². The second kappa shape index (κ2) is 12.9. The lowest BCUT2D eigenvalue weighted by molar-refractivity contribution is -0.136. The third kappa shape index (κ3) is 6.14. The van der Waals surface area contributed by atoms with E-state index in [2.05, 4.69) is 0 Å². The molecule has 0 radical (unpaired) electrons. The van der Waals surface area contributed by atoms with Crippen LogP contribution in [0.2, 0.25) is 0 Å². The zero-order chi connectivity index (χ0) is 30.5. The number of hydrogen-bond donors (Lipinski definition) is 1. The molecule has 3 aromatic carbocycles. The van der Waals surface area contributed by atoms with Gasteiger partial charge in [-0.2, -0.15) is 0 Å². The van der Waals surface area contributed by atoms with Crippen LogP contribution in [0.4, 0.5) is 0 Å². The number of allylic oxidation sites excluding steroid dienone is 1. The number of carbonyl (C=O) groups is 2. The van der Waals surface area contributed by atoms with Gasteiger partial charge in [0.1, 0.15) is 6.61 Å². The minimum absolute atomic E-state index is 0.205. The number of carboxylic acid groups (broad SMARTS) is 1. The molecule has 1 aromatic heterocycles. The smallest absolute Gasteiger partial charge is 0.338 e. The molecular formula is C33H30N2O7S. The van der Waals surface area contributed by atoms with E-state index in [0.717, 1.165) is 16.7 Å². The molecule has 0 saturated heterocycles. The molecule has 0 saturated carbocycles. The van der Waals surface area contributed by atoms with E-state index in [1.807, 2.05) is 50.2 Å². The van der Waals surface area contributed by atoms with E-state index < -0.39 is 18.0 Å². The lowest BCUT2D eigenvalue weighted by Gasteiger charge is -2.25. The van der Waals surface area contributed by atoms with Gasteiger partial charge in [0.25, 0.3) is 5.56 Å². The van der Waals surface area contributed by atoms with Crippen molar-refractivity contribution in [2.75, 3.05) is 13.7 Å². The number of rotatable bonds is 10. The number of aromatic carboxylic acids is 1. The van der Waals surface area contributed by atoms with E-state index in [4.69, 9.17) is 24.3 Å². The van der Waals surface area contributed by atoms with Crippen LogP contribution in [0, 0.1) is 0 Å². The Morgan fingerprint density at radius 3 is 2.40 bits per heavy atom. The highest BCUT2D eigenvalue weighted by Gasteiger charge is 2.33. The van der Waals surface area contributed by atoms with Gasteiger partial charge < -0.3 is 19.3 Å². The Balaban J connectivity index is 1.52. The van der Waals surface area contributed by atoms with Crippen LogP contribution in [-0.4, -0.2) is 35.3 Å². The van der Waals surface area contributed by atoms with Crippen LogP contribution in [0.15, 0.2) is 93.9 Å². The summed E-state index contributed by atoms with van der Waals surface area (Å²) < 4.78 is 19.0. The van der Waals surface area contributed by atoms with Gasteiger partial charge in [-0.1, -0.05) is 66.8 Å². The van der Waals surface area contributed by atoms with Crippen molar-refractivity contribution in [3.05, 3.63) is 126 Å². The monoisotopic (exact) mass is 598 g/mol. The average molecular weight is 599 g/mol. The van der Waals surface area contributed by atoms with Crippen molar-refractivity contribution in [2.24, 2.45) is 4.99 Å². The molecular weight excluding hydrogens is 568 g/mol. The number of methoxy groups -OCH3 is 1. The van der Waals surface area contributed by atoms with Gasteiger partial charge in [0.2, 0.25) is 0 Å². The molecule has 0 amide bonds. The Morgan fingerprint density at radius 1 is 1.00 bits per heavy atom. The van der Waals surface area contributed by atoms with Crippen LogP contribution >= 0.6 is 11.3 Å². The molecule has 2 heterocycles. The first kappa shape index (κ1) is 29.5. The maximum absolute atomic E-state index is 13.9. The quantitative estimate of drug-likeness (QED) is 0.268. The van der Waals surface area contributed by atoms with Crippen molar-refractivity contribution < 1.29 is 28.9 Å². The SMILES string of the molecule is CCOc1cc(/C=c2\sc3n(c2=O)[C@H](c2ccccc2)C(C(=O)OC)=C(CC)N=3)ccc1OCc1ccc(C(=O)O)cc1. The minimum Gasteiger partial charge on any atom is -0.490 e. The third-order valence-electron chi connectivity index (χ3n) is 6.93. The number of carboxylic acids is 1. The highest BCUT2D eigenvalue weighted by atomic mass is 32.1. The molecule has 0 fully saturated rings. The summed E-state index contributed by atoms with van der Waals surface area (Å²) in [5, 5.41) is 9.11. The maximum atomic E-state index is 13.9. The van der Waals surface area contributed by atoms with Crippen molar-refractivity contribution in [1.29, 1.82) is 0 Å². The summed E-state index contributed by atoms with van der Waals surface area (Å²) in [5.41, 5.74) is 3.20. The Hall–Kier alpha value is -4.96. The molecule has 1 atom stereocenters. The first-order valence-electron chi connectivity index (χ1n) is 13.7. The Kier molecular flexibility index (Phi) is 8.87. The molecule has 0 spiro atoms. The van der Waals surface area contributed by atoms with Gasteiger partial charge in [-0.15, -0.1) is 0 Å². The predicted octanol–water partition coefficient (Wildman–Crippen LogP) is 4.47. The zero-order valence-corrected chi connectivity index (χ0v) is 24.7. The summed E-state index contributed by atoms with van der Waals surface area (Å²) in [5.74, 6) is -0.477. The summed E-state index contributed by atoms with van der Waals surface area (Å²) in [4.78, 5) is 43.1. The summed E-state index contributed by atoms with van der Waals surface area (Å²) in [6, 6.07) is 20.6. The van der Waals surface area contributed by atoms with Gasteiger partial charge in [-0.25, -0.2) is 14.6 Å². The van der Waals surface area contributed by atoms with Crippen molar-refractivity contribution in [3.63, 3.8) is 0 Å². The van der Waals surface area contributed by atoms with Gasteiger partial charge in [-0.3, -0.25) is 9.36 Å². The van der Waals surface area contributed by atoms with Crippen LogP contribution in [0.3, 0.4) is 0 Å². The van der Waals surface area contributed by atoms with E-state index in [9.17, 15) is 14.4 Å². The summed E-state index contributed by atoms with van der Waals surface area (Å²) in [6.45, 7) is 4.41. The van der Waals surface area contributed by atoms with Gasteiger partial charge >= 0.3 is 11.9 Å². The Bertz CT molecular complexity index is 1870. The highest BCUT2D eigenvalue weighted by Crippen LogP contribution is 2.32. The fourth-order valence-corrected chi connectivity index (χ4v) is 5.89. The maximum Gasteiger partial charge on any atom is 0.338 e. The molecule has 0 unspecified atom stereocenters. The van der Waals surface area contributed by atoms with E-state index in [0.29, 0.717) is 45.1 Å². The molecule has 9 nitrogen and oxygen atoms in total. The number of esters is 1. The van der Waals surface area contributed by atoms with Crippen molar-refractivity contribution in [2.45, 2.75) is 32.9 Å². The van der Waals surface area contributed by atoms with E-state index in [-0.39, 0.29) is 17.7 Å². The molecule has 4 aromatic rings. The molecule has 0 aliphatic carbocycles. The lowest BCUT2D eigenvalue weighted by Crippen LogP contribution is -2.40. The van der Waals surface area contributed by atoms with E-state index in [1.165, 1.54) is 30.6 Å². The minimum atomic E-state index is -0.987. The topological polar surface area (TPSA) is 116 Å². The largest absolute Gasteiger partial charge is 0.490 e. The molecule has 10 heteroatoms. The molecule has 1 aliphatic heterocycles. The fraction of sp³-hybridized carbons (Fsp3) is 0.212. The van der Waals surface area contributed by atoms with Gasteiger partial charge in [-0.05, 0) is 60.4 Å². The summed E-state index contributed by atoms with van der Waals surface area (Å²) >= 11 is 1.26. The number of nitrogens with zero attached hydrogens (tertiary/aromatic N) is 2. The summed E-state index contributed by atoms with van der Waals surface area (Å²) in [6.07, 6.45) is 2.28. The third-order valence-corrected chi connectivity index (χ3v) is 7.91. The Labute approximate surface area is 251 Å². The number of ether oxygens (including phenoxy) is 3. The highest BCUT2D eigenvalue weighted by molar-refractivity contribution is 7.07. The van der Waals surface area contributed by atoms with Gasteiger partial charge in [0.05, 0.1) is 41.1 Å². The second-order valence-electron chi connectivity index (χ2n) is 9.63. The molecule has 1 aliphatic rings. The second-order valence-corrected chi connectivity index (χ2v) is 10.6. The van der Waals surface area contributed by atoms with Crippen LogP contribution in [0.1, 0.15) is 53.4 Å². The molecule has 1 N–H and O–H groups in total. The number of carbonyl (C=O) groups excluding carboxylic acids is 1. The number of aromatic nitrogens is 1. The number of fused-ring (bicyclic) bond motifs is 1. The zero-order valence-electron chi connectivity index (χ0n) is 23.9. The molecule has 43 heavy (non-hydrogen) atoms. The van der Waals surface area contributed by atoms with Crippen molar-refractivity contribution in [1.82, 2.24) is 4.57 Å². The molecule has 5 rings (SSSR count). The van der Waals surface area contributed by atoms with Crippen LogP contribution in [0.5, 0.6) is 11.5 Å². The first-order chi connectivity index (χ1) is 20.8. The normalized spacial score (nSPS) is 14.6. The van der Waals surface area contributed by atoms with Gasteiger partial charge in [0, 0.05) is 0 Å². The van der Waals surface area contributed by atoms with Crippen LogP contribution in [-0.2, 0) is 16.1 Å².